The van der Waals surface area contributed by atoms with Gasteiger partial charge in [-0.15, -0.1) is 12.4 Å². The fourth-order valence-corrected chi connectivity index (χ4v) is 1.96. The highest BCUT2D eigenvalue weighted by atomic mass is 35.5. The van der Waals surface area contributed by atoms with Gasteiger partial charge in [0.25, 0.3) is 5.91 Å². The van der Waals surface area contributed by atoms with Crippen molar-refractivity contribution in [2.24, 2.45) is 0 Å². The Morgan fingerprint density at radius 1 is 1.39 bits per heavy atom. The number of halogens is 1. The van der Waals surface area contributed by atoms with Gasteiger partial charge in [0.1, 0.15) is 0 Å². The van der Waals surface area contributed by atoms with E-state index in [-0.39, 0.29) is 24.3 Å². The lowest BCUT2D eigenvalue weighted by molar-refractivity contribution is 0.0946. The van der Waals surface area contributed by atoms with Crippen LogP contribution in [0.4, 0.5) is 5.95 Å². The van der Waals surface area contributed by atoms with E-state index >= 15 is 0 Å². The molecule has 6 nitrogen and oxygen atoms in total. The van der Waals surface area contributed by atoms with E-state index in [4.69, 9.17) is 5.73 Å². The van der Waals surface area contributed by atoms with E-state index in [0.717, 1.165) is 17.8 Å². The summed E-state index contributed by atoms with van der Waals surface area (Å²) in [5.74, 6) is 0.176. The second-order valence-corrected chi connectivity index (χ2v) is 3.88. The van der Waals surface area contributed by atoms with Gasteiger partial charge >= 0.3 is 0 Å². The average Bonchev–Trinajstić information content (AvgIpc) is 2.74. The summed E-state index contributed by atoms with van der Waals surface area (Å²) in [4.78, 5) is 22.8. The van der Waals surface area contributed by atoms with E-state index in [9.17, 15) is 4.79 Å². The molecule has 0 atom stereocenters. The molecular formula is C11H12ClN5O. The predicted octanol–water partition coefficient (Wildman–Crippen LogP) is 0.762. The first-order valence-corrected chi connectivity index (χ1v) is 5.33. The number of nitrogens with zero attached hydrogens (tertiary/aromatic N) is 2. The van der Waals surface area contributed by atoms with Crippen molar-refractivity contribution in [1.82, 2.24) is 20.3 Å². The van der Waals surface area contributed by atoms with Gasteiger partial charge in [0.05, 0.1) is 17.0 Å². The van der Waals surface area contributed by atoms with Crippen LogP contribution >= 0.6 is 12.4 Å². The summed E-state index contributed by atoms with van der Waals surface area (Å²) in [7, 11) is 0. The number of hydrogen-bond donors (Lipinski definition) is 3. The van der Waals surface area contributed by atoms with Gasteiger partial charge in [-0.3, -0.25) is 4.79 Å². The Balaban J connectivity index is 0.00000120. The van der Waals surface area contributed by atoms with Crippen LogP contribution in [0.25, 0.3) is 11.4 Å². The Morgan fingerprint density at radius 2 is 2.22 bits per heavy atom. The number of carbonyl (C=O) groups is 1. The number of aromatic amines is 1. The van der Waals surface area contributed by atoms with Crippen molar-refractivity contribution >= 4 is 24.3 Å². The van der Waals surface area contributed by atoms with Crippen LogP contribution in [0.15, 0.2) is 18.3 Å². The summed E-state index contributed by atoms with van der Waals surface area (Å²) in [6.45, 7) is 0.664. The topological polar surface area (TPSA) is 96.7 Å². The quantitative estimate of drug-likeness (QED) is 0.709. The molecule has 0 saturated carbocycles. The molecule has 4 N–H and O–H groups in total. The summed E-state index contributed by atoms with van der Waals surface area (Å²) >= 11 is 0. The third kappa shape index (κ3) is 2.02. The number of rotatable bonds is 1. The first kappa shape index (κ1) is 12.4. The predicted molar refractivity (Wildman–Crippen MR) is 69.5 cm³/mol. The van der Waals surface area contributed by atoms with Crippen molar-refractivity contribution in [2.45, 2.75) is 6.42 Å². The molecule has 1 aliphatic heterocycles. The van der Waals surface area contributed by atoms with Gasteiger partial charge in [-0.1, -0.05) is 0 Å². The monoisotopic (exact) mass is 265 g/mol. The molecule has 1 amide bonds. The first-order chi connectivity index (χ1) is 8.24. The number of anilines is 1. The number of nitrogens with two attached hydrogens (primary N) is 1. The van der Waals surface area contributed by atoms with Crippen LogP contribution in [0.2, 0.25) is 0 Å². The number of nitrogens with one attached hydrogen (secondary N) is 2. The second-order valence-electron chi connectivity index (χ2n) is 3.88. The van der Waals surface area contributed by atoms with Gasteiger partial charge in [-0.2, -0.15) is 0 Å². The molecule has 18 heavy (non-hydrogen) atoms. The molecule has 2 aromatic heterocycles. The number of nitrogen functional groups attached to an aromatic ring is 1. The summed E-state index contributed by atoms with van der Waals surface area (Å²) in [6, 6.07) is 3.55. The van der Waals surface area contributed by atoms with Crippen molar-refractivity contribution in [3.63, 3.8) is 0 Å². The zero-order valence-corrected chi connectivity index (χ0v) is 10.3. The largest absolute Gasteiger partial charge is 0.368 e. The maximum Gasteiger partial charge on any atom is 0.253 e. The molecule has 0 aliphatic carbocycles. The van der Waals surface area contributed by atoms with Crippen molar-refractivity contribution in [2.75, 3.05) is 12.3 Å². The minimum atomic E-state index is -0.0456. The SMILES string of the molecule is Cl.Nc1nccc(-c2cc3c([nH]2)CCNC3=O)n1. The Labute approximate surface area is 109 Å². The van der Waals surface area contributed by atoms with Crippen LogP contribution in [0.5, 0.6) is 0 Å². The molecule has 94 valence electrons. The van der Waals surface area contributed by atoms with Gasteiger partial charge < -0.3 is 16.0 Å². The van der Waals surface area contributed by atoms with E-state index in [1.54, 1.807) is 18.3 Å². The number of carbonyl (C=O) groups excluding carboxylic acids is 1. The third-order valence-corrected chi connectivity index (χ3v) is 2.75. The molecule has 2 aromatic rings. The molecule has 0 saturated heterocycles. The number of amides is 1. The van der Waals surface area contributed by atoms with Crippen LogP contribution < -0.4 is 11.1 Å². The van der Waals surface area contributed by atoms with Gasteiger partial charge in [0.15, 0.2) is 0 Å². The zero-order valence-electron chi connectivity index (χ0n) is 9.43. The normalized spacial score (nSPS) is 13.4. The second kappa shape index (κ2) is 4.66. The standard InChI is InChI=1S/C11H11N5O.ClH/c12-11-14-4-2-8(16-11)9-5-6-7(15-9)1-3-13-10(6)17;/h2,4-5,15H,1,3H2,(H,13,17)(H2,12,14,16);1H. The first-order valence-electron chi connectivity index (χ1n) is 5.33. The van der Waals surface area contributed by atoms with Gasteiger partial charge in [-0.05, 0) is 12.1 Å². The van der Waals surface area contributed by atoms with Crippen LogP contribution in [-0.2, 0) is 6.42 Å². The molecule has 1 aliphatic rings. The molecule has 0 aromatic carbocycles. The fraction of sp³-hybridized carbons (Fsp3) is 0.182. The van der Waals surface area contributed by atoms with E-state index < -0.39 is 0 Å². The Kier molecular flexibility index (Phi) is 3.20. The summed E-state index contributed by atoms with van der Waals surface area (Å²) in [5.41, 5.74) is 8.65. The van der Waals surface area contributed by atoms with Crippen molar-refractivity contribution < 1.29 is 4.79 Å². The Morgan fingerprint density at radius 3 is 2.94 bits per heavy atom. The fourth-order valence-electron chi connectivity index (χ4n) is 1.96. The van der Waals surface area contributed by atoms with E-state index in [0.29, 0.717) is 17.8 Å². The molecule has 3 heterocycles. The molecule has 0 bridgehead atoms. The van der Waals surface area contributed by atoms with Gasteiger partial charge in [-0.25, -0.2) is 9.97 Å². The minimum Gasteiger partial charge on any atom is -0.368 e. The molecule has 7 heteroatoms. The maximum atomic E-state index is 11.6. The van der Waals surface area contributed by atoms with Crippen LogP contribution in [-0.4, -0.2) is 27.4 Å². The number of H-pyrrole nitrogens is 1. The van der Waals surface area contributed by atoms with Crippen molar-refractivity contribution in [3.05, 3.63) is 29.6 Å². The molecular weight excluding hydrogens is 254 g/mol. The third-order valence-electron chi connectivity index (χ3n) is 2.75. The lowest BCUT2D eigenvalue weighted by Gasteiger charge is -2.10. The lowest BCUT2D eigenvalue weighted by Crippen LogP contribution is -2.31. The molecule has 3 rings (SSSR count). The van der Waals surface area contributed by atoms with E-state index in [2.05, 4.69) is 20.3 Å². The maximum absolute atomic E-state index is 11.6. The highest BCUT2D eigenvalue weighted by molar-refractivity contribution is 5.97. The molecule has 0 spiro atoms. The van der Waals surface area contributed by atoms with Gasteiger partial charge in [0.2, 0.25) is 5.95 Å². The summed E-state index contributed by atoms with van der Waals surface area (Å²) in [5, 5.41) is 2.80. The minimum absolute atomic E-state index is 0. The zero-order chi connectivity index (χ0) is 11.8. The van der Waals surface area contributed by atoms with Crippen LogP contribution in [0.1, 0.15) is 16.1 Å². The molecule has 0 unspecified atom stereocenters. The van der Waals surface area contributed by atoms with E-state index in [1.165, 1.54) is 0 Å². The Hall–Kier alpha value is -2.08. The van der Waals surface area contributed by atoms with Crippen molar-refractivity contribution in [3.8, 4) is 11.4 Å². The average molecular weight is 266 g/mol. The Bertz CT molecular complexity index is 595. The highest BCUT2D eigenvalue weighted by Gasteiger charge is 2.20. The van der Waals surface area contributed by atoms with Crippen LogP contribution in [0, 0.1) is 0 Å². The summed E-state index contributed by atoms with van der Waals surface area (Å²) < 4.78 is 0. The molecule has 0 radical (unpaired) electrons. The summed E-state index contributed by atoms with van der Waals surface area (Å²) in [6.07, 6.45) is 2.40. The highest BCUT2D eigenvalue weighted by Crippen LogP contribution is 2.22. The number of aromatic nitrogens is 3. The lowest BCUT2D eigenvalue weighted by atomic mass is 10.1. The smallest absolute Gasteiger partial charge is 0.253 e. The van der Waals surface area contributed by atoms with Gasteiger partial charge in [0, 0.05) is 24.9 Å². The molecule has 0 fully saturated rings. The number of hydrogen-bond acceptors (Lipinski definition) is 4. The van der Waals surface area contributed by atoms with Crippen LogP contribution in [0.3, 0.4) is 0 Å². The van der Waals surface area contributed by atoms with E-state index in [1.807, 2.05) is 0 Å². The number of fused-ring (bicyclic) bond motifs is 1. The van der Waals surface area contributed by atoms with Crippen molar-refractivity contribution in [1.29, 1.82) is 0 Å².